The van der Waals surface area contributed by atoms with Crippen molar-refractivity contribution in [2.75, 3.05) is 6.61 Å². The molecule has 3 heteroatoms. The molecule has 2 heterocycles. The van der Waals surface area contributed by atoms with Crippen LogP contribution in [0.25, 0.3) is 22.2 Å². The Balaban J connectivity index is 2.15. The van der Waals surface area contributed by atoms with Crippen molar-refractivity contribution in [3.05, 3.63) is 52.2 Å². The smallest absolute Gasteiger partial charge is 0.0750 e. The largest absolute Gasteiger partial charge is 0.396 e. The molecule has 120 valence electrons. The molecule has 1 N–H and O–H groups in total. The van der Waals surface area contributed by atoms with Gasteiger partial charge in [-0.05, 0) is 59.0 Å². The van der Waals surface area contributed by atoms with Crippen molar-refractivity contribution in [2.45, 2.75) is 39.0 Å². The number of fused-ring (bicyclic) bond motifs is 1. The van der Waals surface area contributed by atoms with Crippen LogP contribution in [-0.2, 0) is 11.8 Å². The number of nitrogens with zero attached hydrogens (tertiary/aromatic N) is 1. The van der Waals surface area contributed by atoms with Crippen molar-refractivity contribution in [2.24, 2.45) is 0 Å². The Morgan fingerprint density at radius 1 is 1.13 bits per heavy atom. The number of hydrogen-bond acceptors (Lipinski definition) is 3. The second kappa shape index (κ2) is 6.42. The Kier molecular flexibility index (Phi) is 4.51. The first-order valence-corrected chi connectivity index (χ1v) is 9.01. The van der Waals surface area contributed by atoms with E-state index >= 15 is 0 Å². The molecule has 0 atom stereocenters. The Labute approximate surface area is 141 Å². The van der Waals surface area contributed by atoms with E-state index in [1.165, 1.54) is 22.1 Å². The monoisotopic (exact) mass is 325 g/mol. The fourth-order valence-corrected chi connectivity index (χ4v) is 3.44. The van der Waals surface area contributed by atoms with E-state index in [2.05, 4.69) is 61.9 Å². The molecule has 2 nitrogen and oxygen atoms in total. The fraction of sp³-hybridized carbons (Fsp3) is 0.350. The van der Waals surface area contributed by atoms with Gasteiger partial charge in [-0.3, -0.25) is 0 Å². The number of aliphatic hydroxyl groups excluding tert-OH is 1. The summed E-state index contributed by atoms with van der Waals surface area (Å²) in [5, 5.41) is 14.6. The van der Waals surface area contributed by atoms with Gasteiger partial charge in [0.15, 0.2) is 0 Å². The molecule has 0 radical (unpaired) electrons. The highest BCUT2D eigenvalue weighted by Gasteiger charge is 2.15. The summed E-state index contributed by atoms with van der Waals surface area (Å²) in [6.07, 6.45) is 1.62. The Morgan fingerprint density at radius 3 is 2.61 bits per heavy atom. The summed E-state index contributed by atoms with van der Waals surface area (Å²) in [6.45, 7) is 6.90. The standard InChI is InChI=1S/C20H23NOS/c1-20(2,3)17-6-7-18-16(12-17)11-14(5-4-9-22)19(21-18)15-8-10-23-13-15/h6-8,10-13,22H,4-5,9H2,1-3H3. The zero-order valence-electron chi connectivity index (χ0n) is 14.0. The van der Waals surface area contributed by atoms with E-state index in [4.69, 9.17) is 4.98 Å². The number of rotatable bonds is 4. The Hall–Kier alpha value is -1.71. The molecule has 3 aromatic rings. The molecule has 0 amide bonds. The lowest BCUT2D eigenvalue weighted by Gasteiger charge is -2.20. The SMILES string of the molecule is CC(C)(C)c1ccc2nc(-c3ccsc3)c(CCCO)cc2c1. The molecule has 0 saturated heterocycles. The van der Waals surface area contributed by atoms with E-state index in [9.17, 15) is 5.11 Å². The summed E-state index contributed by atoms with van der Waals surface area (Å²) >= 11 is 1.69. The third-order valence-corrected chi connectivity index (χ3v) is 4.84. The van der Waals surface area contributed by atoms with Gasteiger partial charge in [0.05, 0.1) is 11.2 Å². The highest BCUT2D eigenvalue weighted by molar-refractivity contribution is 7.08. The lowest BCUT2D eigenvalue weighted by atomic mass is 9.86. The van der Waals surface area contributed by atoms with Gasteiger partial charge < -0.3 is 5.11 Å². The van der Waals surface area contributed by atoms with Crippen molar-refractivity contribution in [1.82, 2.24) is 4.98 Å². The van der Waals surface area contributed by atoms with Gasteiger partial charge in [-0.15, -0.1) is 0 Å². The number of aryl methyl sites for hydroxylation is 1. The predicted octanol–water partition coefficient (Wildman–Crippen LogP) is 5.19. The third-order valence-electron chi connectivity index (χ3n) is 4.16. The molecule has 0 saturated carbocycles. The summed E-state index contributed by atoms with van der Waals surface area (Å²) in [4.78, 5) is 4.92. The van der Waals surface area contributed by atoms with Crippen molar-refractivity contribution >= 4 is 22.2 Å². The molecular formula is C20H23NOS. The number of thiophene rings is 1. The summed E-state index contributed by atoms with van der Waals surface area (Å²) in [7, 11) is 0. The van der Waals surface area contributed by atoms with Gasteiger partial charge in [-0.2, -0.15) is 11.3 Å². The predicted molar refractivity (Wildman–Crippen MR) is 99.2 cm³/mol. The molecule has 0 bridgehead atoms. The average molecular weight is 325 g/mol. The maximum atomic E-state index is 9.19. The van der Waals surface area contributed by atoms with Crippen LogP contribution in [0.2, 0.25) is 0 Å². The lowest BCUT2D eigenvalue weighted by molar-refractivity contribution is 0.288. The normalized spacial score (nSPS) is 12.0. The first-order valence-electron chi connectivity index (χ1n) is 8.06. The minimum absolute atomic E-state index is 0.130. The first-order chi connectivity index (χ1) is 11.0. The van der Waals surface area contributed by atoms with Crippen molar-refractivity contribution < 1.29 is 5.11 Å². The van der Waals surface area contributed by atoms with Gasteiger partial charge in [-0.1, -0.05) is 26.8 Å². The summed E-state index contributed by atoms with van der Waals surface area (Å²) in [5.74, 6) is 0. The van der Waals surface area contributed by atoms with Crippen LogP contribution in [0.4, 0.5) is 0 Å². The zero-order valence-corrected chi connectivity index (χ0v) is 14.8. The van der Waals surface area contributed by atoms with Crippen LogP contribution in [-0.4, -0.2) is 16.7 Å². The van der Waals surface area contributed by atoms with E-state index < -0.39 is 0 Å². The molecule has 0 fully saturated rings. The molecule has 0 aliphatic carbocycles. The number of pyridine rings is 1. The summed E-state index contributed by atoms with van der Waals surface area (Å²) < 4.78 is 0. The number of benzene rings is 1. The van der Waals surface area contributed by atoms with Gasteiger partial charge in [0, 0.05) is 22.9 Å². The molecule has 0 spiro atoms. The van der Waals surface area contributed by atoms with Crippen LogP contribution in [0.3, 0.4) is 0 Å². The van der Waals surface area contributed by atoms with E-state index in [0.717, 1.165) is 24.1 Å². The molecule has 23 heavy (non-hydrogen) atoms. The second-order valence-electron chi connectivity index (χ2n) is 6.99. The summed E-state index contributed by atoms with van der Waals surface area (Å²) in [5.41, 5.74) is 5.93. The van der Waals surface area contributed by atoms with Crippen LogP contribution < -0.4 is 0 Å². The molecule has 0 unspecified atom stereocenters. The van der Waals surface area contributed by atoms with E-state index in [1.54, 1.807) is 11.3 Å². The van der Waals surface area contributed by atoms with Crippen LogP contribution in [0, 0.1) is 0 Å². The minimum atomic E-state index is 0.130. The first kappa shape index (κ1) is 16.2. The number of aromatic nitrogens is 1. The molecule has 2 aromatic heterocycles. The molecule has 0 aliphatic rings. The van der Waals surface area contributed by atoms with Crippen LogP contribution in [0.1, 0.15) is 38.3 Å². The van der Waals surface area contributed by atoms with Gasteiger partial charge in [-0.25, -0.2) is 4.98 Å². The number of aliphatic hydroxyl groups is 1. The topological polar surface area (TPSA) is 33.1 Å². The quantitative estimate of drug-likeness (QED) is 0.716. The molecular weight excluding hydrogens is 302 g/mol. The van der Waals surface area contributed by atoms with E-state index in [-0.39, 0.29) is 12.0 Å². The Bertz CT molecular complexity index is 800. The number of hydrogen-bond donors (Lipinski definition) is 1. The van der Waals surface area contributed by atoms with Crippen molar-refractivity contribution in [3.63, 3.8) is 0 Å². The van der Waals surface area contributed by atoms with Gasteiger partial charge in [0.1, 0.15) is 0 Å². The third kappa shape index (κ3) is 3.46. The summed E-state index contributed by atoms with van der Waals surface area (Å²) in [6, 6.07) is 10.9. The Morgan fingerprint density at radius 2 is 1.96 bits per heavy atom. The van der Waals surface area contributed by atoms with Crippen molar-refractivity contribution in [3.8, 4) is 11.3 Å². The highest BCUT2D eigenvalue weighted by atomic mass is 32.1. The highest BCUT2D eigenvalue weighted by Crippen LogP contribution is 2.31. The van der Waals surface area contributed by atoms with Gasteiger partial charge in [0.2, 0.25) is 0 Å². The average Bonchev–Trinajstić information content (AvgIpc) is 3.04. The fourth-order valence-electron chi connectivity index (χ4n) is 2.80. The molecule has 3 rings (SSSR count). The van der Waals surface area contributed by atoms with E-state index in [0.29, 0.717) is 0 Å². The van der Waals surface area contributed by atoms with Gasteiger partial charge >= 0.3 is 0 Å². The maximum Gasteiger partial charge on any atom is 0.0750 e. The van der Waals surface area contributed by atoms with Crippen LogP contribution in [0.5, 0.6) is 0 Å². The van der Waals surface area contributed by atoms with Crippen molar-refractivity contribution in [1.29, 1.82) is 0 Å². The molecule has 0 aliphatic heterocycles. The lowest BCUT2D eigenvalue weighted by Crippen LogP contribution is -2.10. The molecule has 1 aromatic carbocycles. The van der Waals surface area contributed by atoms with Crippen LogP contribution in [0.15, 0.2) is 41.1 Å². The minimum Gasteiger partial charge on any atom is -0.396 e. The second-order valence-corrected chi connectivity index (χ2v) is 7.77. The van der Waals surface area contributed by atoms with Crippen LogP contribution >= 0.6 is 11.3 Å². The zero-order chi connectivity index (χ0) is 16.4. The van der Waals surface area contributed by atoms with E-state index in [1.807, 2.05) is 0 Å². The van der Waals surface area contributed by atoms with Gasteiger partial charge in [0.25, 0.3) is 0 Å². The maximum absolute atomic E-state index is 9.19.